The van der Waals surface area contributed by atoms with Gasteiger partial charge in [-0.2, -0.15) is 5.26 Å². The fourth-order valence-electron chi connectivity index (χ4n) is 3.94. The second kappa shape index (κ2) is 5.68. The summed E-state index contributed by atoms with van der Waals surface area (Å²) in [6.07, 6.45) is 5.32. The quantitative estimate of drug-likeness (QED) is 0.904. The summed E-state index contributed by atoms with van der Waals surface area (Å²) >= 11 is 6.10. The first-order valence-electron chi connectivity index (χ1n) is 8.77. The first-order chi connectivity index (χ1) is 12.6. The first kappa shape index (κ1) is 15.6. The predicted molar refractivity (Wildman–Crippen MR) is 95.9 cm³/mol. The number of fused-ring (bicyclic) bond motifs is 2. The molecule has 0 saturated heterocycles. The highest BCUT2D eigenvalue weighted by molar-refractivity contribution is 6.30. The third-order valence-corrected chi connectivity index (χ3v) is 5.56. The molecular weight excluding hydrogens is 350 g/mol. The van der Waals surface area contributed by atoms with Gasteiger partial charge in [-0.15, -0.1) is 0 Å². The lowest BCUT2D eigenvalue weighted by atomic mass is 10.0. The van der Waals surface area contributed by atoms with E-state index in [0.29, 0.717) is 34.7 Å². The monoisotopic (exact) mass is 365 g/mol. The molecule has 0 spiro atoms. The van der Waals surface area contributed by atoms with Crippen molar-refractivity contribution in [3.63, 3.8) is 0 Å². The Morgan fingerprint density at radius 1 is 1.31 bits per heavy atom. The number of rotatable bonds is 3. The molecule has 2 aliphatic carbocycles. The second-order valence-corrected chi connectivity index (χ2v) is 7.61. The van der Waals surface area contributed by atoms with Gasteiger partial charge in [-0.1, -0.05) is 11.6 Å². The first-order valence-corrected chi connectivity index (χ1v) is 9.15. The summed E-state index contributed by atoms with van der Waals surface area (Å²) in [4.78, 5) is 23.2. The normalized spacial score (nSPS) is 20.7. The molecule has 1 unspecified atom stereocenters. The van der Waals surface area contributed by atoms with Crippen LogP contribution in [0.4, 0.5) is 5.95 Å². The minimum Gasteiger partial charge on any atom is -0.351 e. The number of hydrogen-bond donors (Lipinski definition) is 1. The van der Waals surface area contributed by atoms with Crippen LogP contribution < -0.4 is 5.32 Å². The fourth-order valence-corrected chi connectivity index (χ4v) is 4.18. The van der Waals surface area contributed by atoms with Gasteiger partial charge in [0.1, 0.15) is 0 Å². The van der Waals surface area contributed by atoms with E-state index in [0.717, 1.165) is 42.5 Å². The Balaban J connectivity index is 1.35. The molecule has 0 bridgehead atoms. The van der Waals surface area contributed by atoms with Gasteiger partial charge in [0.2, 0.25) is 5.95 Å². The molecule has 2 aromatic rings. The van der Waals surface area contributed by atoms with E-state index in [1.165, 1.54) is 0 Å². The maximum atomic E-state index is 12.4. The van der Waals surface area contributed by atoms with Gasteiger partial charge in [0.25, 0.3) is 5.91 Å². The van der Waals surface area contributed by atoms with E-state index >= 15 is 0 Å². The van der Waals surface area contributed by atoms with Crippen molar-refractivity contribution in [3.8, 4) is 6.07 Å². The number of nitrogens with one attached hydrogen (secondary N) is 1. The molecule has 5 rings (SSSR count). The molecule has 1 atom stereocenters. The summed E-state index contributed by atoms with van der Waals surface area (Å²) in [5.41, 5.74) is 4.21. The molecule has 1 N–H and O–H groups in total. The van der Waals surface area contributed by atoms with E-state index in [1.54, 1.807) is 12.3 Å². The second-order valence-electron chi connectivity index (χ2n) is 7.17. The molecule has 3 aliphatic rings. The Morgan fingerprint density at radius 2 is 2.15 bits per heavy atom. The van der Waals surface area contributed by atoms with Crippen LogP contribution in [0.25, 0.3) is 0 Å². The molecule has 1 fully saturated rings. The largest absolute Gasteiger partial charge is 0.351 e. The van der Waals surface area contributed by atoms with Crippen LogP contribution in [0.2, 0.25) is 5.02 Å². The summed E-state index contributed by atoms with van der Waals surface area (Å²) in [5, 5.41) is 13.3. The van der Waals surface area contributed by atoms with Crippen molar-refractivity contribution in [1.29, 1.82) is 5.26 Å². The van der Waals surface area contributed by atoms with Gasteiger partial charge in [-0.25, -0.2) is 9.97 Å². The van der Waals surface area contributed by atoms with Gasteiger partial charge < -0.3 is 10.2 Å². The highest BCUT2D eigenvalue weighted by Crippen LogP contribution is 2.34. The number of nitriles is 1. The number of hydrogen-bond acceptors (Lipinski definition) is 5. The molecule has 1 aromatic heterocycles. The summed E-state index contributed by atoms with van der Waals surface area (Å²) < 4.78 is 0. The maximum Gasteiger partial charge on any atom is 0.257 e. The van der Waals surface area contributed by atoms with E-state index in [4.69, 9.17) is 11.6 Å². The Hall–Kier alpha value is -2.65. The number of halogens is 1. The average Bonchev–Trinajstić information content (AvgIpc) is 3.31. The lowest BCUT2D eigenvalue weighted by molar-refractivity contribution is 0.0766. The van der Waals surface area contributed by atoms with Crippen LogP contribution >= 0.6 is 11.6 Å². The van der Waals surface area contributed by atoms with Crippen LogP contribution in [0, 0.1) is 11.3 Å². The van der Waals surface area contributed by atoms with Crippen LogP contribution in [0.15, 0.2) is 18.3 Å². The Labute approximate surface area is 155 Å². The lowest BCUT2D eigenvalue weighted by Crippen LogP contribution is -2.25. The van der Waals surface area contributed by atoms with E-state index in [9.17, 15) is 10.1 Å². The molecule has 6 nitrogen and oxygen atoms in total. The predicted octanol–water partition coefficient (Wildman–Crippen LogP) is 2.70. The average molecular weight is 366 g/mol. The molecule has 1 aromatic carbocycles. The van der Waals surface area contributed by atoms with Crippen LogP contribution in [0.1, 0.15) is 45.6 Å². The molecule has 0 radical (unpaired) electrons. The molecule has 130 valence electrons. The third-order valence-electron chi connectivity index (χ3n) is 5.34. The number of anilines is 1. The van der Waals surface area contributed by atoms with E-state index in [2.05, 4.69) is 21.4 Å². The molecule has 2 heterocycles. The van der Waals surface area contributed by atoms with E-state index in [-0.39, 0.29) is 11.9 Å². The number of benzene rings is 1. The standard InChI is InChI=1S/C19H16ClN5O/c20-12-3-10-5-13(6-15(10)11(4-12)7-21)23-19-22-8-16-17(24-19)9-25(18(16)26)14-1-2-14/h3-4,8,13-14H,1-2,5-6,9H2,(H,22,23,24). The Kier molecular flexibility index (Phi) is 3.41. The van der Waals surface area contributed by atoms with Crippen LogP contribution in [0.3, 0.4) is 0 Å². The number of carbonyl (C=O) groups excluding carboxylic acids is 1. The van der Waals surface area contributed by atoms with Gasteiger partial charge in [-0.3, -0.25) is 4.79 Å². The number of carbonyl (C=O) groups is 1. The van der Waals surface area contributed by atoms with Crippen molar-refractivity contribution in [2.24, 2.45) is 0 Å². The molecule has 1 aliphatic heterocycles. The highest BCUT2D eigenvalue weighted by atomic mass is 35.5. The van der Waals surface area contributed by atoms with Gasteiger partial charge >= 0.3 is 0 Å². The number of aromatic nitrogens is 2. The molecule has 26 heavy (non-hydrogen) atoms. The van der Waals surface area contributed by atoms with Crippen LogP contribution in [-0.2, 0) is 19.4 Å². The van der Waals surface area contributed by atoms with Crippen molar-refractivity contribution in [1.82, 2.24) is 14.9 Å². The van der Waals surface area contributed by atoms with E-state index in [1.807, 2.05) is 11.0 Å². The van der Waals surface area contributed by atoms with Gasteiger partial charge in [0, 0.05) is 23.3 Å². The SMILES string of the molecule is N#Cc1cc(Cl)cc2c1CC(Nc1ncc3c(n1)CN(C1CC1)C3=O)C2. The van der Waals surface area contributed by atoms with Gasteiger partial charge in [-0.05, 0) is 48.9 Å². The van der Waals surface area contributed by atoms with Crippen LogP contribution in [0.5, 0.6) is 0 Å². The summed E-state index contributed by atoms with van der Waals surface area (Å²) in [6.45, 7) is 0.578. The van der Waals surface area contributed by atoms with E-state index < -0.39 is 0 Å². The molecule has 1 amide bonds. The molecule has 7 heteroatoms. The lowest BCUT2D eigenvalue weighted by Gasteiger charge is -2.13. The van der Waals surface area contributed by atoms with Gasteiger partial charge in [0.05, 0.1) is 29.4 Å². The molecule has 1 saturated carbocycles. The number of nitrogens with zero attached hydrogens (tertiary/aromatic N) is 4. The Bertz CT molecular complexity index is 979. The number of amides is 1. The van der Waals surface area contributed by atoms with Crippen LogP contribution in [-0.4, -0.2) is 32.9 Å². The topological polar surface area (TPSA) is 81.9 Å². The van der Waals surface area contributed by atoms with Crippen molar-refractivity contribution < 1.29 is 4.79 Å². The zero-order valence-corrected chi connectivity index (χ0v) is 14.8. The van der Waals surface area contributed by atoms with Crippen molar-refractivity contribution in [2.75, 3.05) is 5.32 Å². The fraction of sp³-hybridized carbons (Fsp3) is 0.368. The third kappa shape index (κ3) is 2.51. The van der Waals surface area contributed by atoms with Gasteiger partial charge in [0.15, 0.2) is 0 Å². The smallest absolute Gasteiger partial charge is 0.257 e. The van der Waals surface area contributed by atoms with Crippen molar-refractivity contribution in [2.45, 2.75) is 44.3 Å². The summed E-state index contributed by atoms with van der Waals surface area (Å²) in [6, 6.07) is 6.36. The summed E-state index contributed by atoms with van der Waals surface area (Å²) in [5.74, 6) is 0.590. The molecular formula is C19H16ClN5O. The highest BCUT2D eigenvalue weighted by Gasteiger charge is 2.39. The summed E-state index contributed by atoms with van der Waals surface area (Å²) in [7, 11) is 0. The van der Waals surface area contributed by atoms with Crippen molar-refractivity contribution in [3.05, 3.63) is 51.3 Å². The minimum absolute atomic E-state index is 0.0515. The maximum absolute atomic E-state index is 12.4. The van der Waals surface area contributed by atoms with Crippen molar-refractivity contribution >= 4 is 23.5 Å². The Morgan fingerprint density at radius 3 is 2.92 bits per heavy atom. The zero-order valence-electron chi connectivity index (χ0n) is 14.0. The zero-order chi connectivity index (χ0) is 17.8. The minimum atomic E-state index is 0.0515.